The molecule has 25 heavy (non-hydrogen) atoms. The number of alkyl halides is 3. The molecule has 0 spiro atoms. The monoisotopic (exact) mass is 355 g/mol. The minimum atomic E-state index is -4.28. The summed E-state index contributed by atoms with van der Waals surface area (Å²) in [5, 5.41) is 0. The Hall–Kier alpha value is -1.63. The lowest BCUT2D eigenvalue weighted by molar-refractivity contribution is -0.201. The molecule has 1 aliphatic carbocycles. The number of aromatic nitrogens is 1. The Morgan fingerprint density at radius 1 is 1.12 bits per heavy atom. The van der Waals surface area contributed by atoms with E-state index in [0.717, 1.165) is 5.69 Å². The maximum Gasteiger partial charge on any atom is 0.392 e. The summed E-state index contributed by atoms with van der Waals surface area (Å²) in [4.78, 5) is 20.8. The van der Waals surface area contributed by atoms with Crippen molar-refractivity contribution in [1.29, 1.82) is 0 Å². The molecular weight excluding hydrogens is 331 g/mol. The van der Waals surface area contributed by atoms with E-state index in [-0.39, 0.29) is 12.3 Å². The van der Waals surface area contributed by atoms with Gasteiger partial charge in [0.15, 0.2) is 0 Å². The normalized spacial score (nSPS) is 25.8. The van der Waals surface area contributed by atoms with E-state index in [4.69, 9.17) is 0 Å². The van der Waals surface area contributed by atoms with E-state index >= 15 is 0 Å². The van der Waals surface area contributed by atoms with Crippen LogP contribution in [0, 0.1) is 11.8 Å². The molecule has 2 heterocycles. The van der Waals surface area contributed by atoms with Crippen LogP contribution in [0.15, 0.2) is 24.4 Å². The van der Waals surface area contributed by atoms with E-state index in [0.29, 0.717) is 52.0 Å². The van der Waals surface area contributed by atoms with E-state index in [2.05, 4.69) is 9.88 Å². The van der Waals surface area contributed by atoms with Gasteiger partial charge in [-0.15, -0.1) is 0 Å². The lowest BCUT2D eigenvalue weighted by Gasteiger charge is -2.39. The molecule has 3 rings (SSSR count). The Labute approximate surface area is 146 Å². The highest BCUT2D eigenvalue weighted by Crippen LogP contribution is 2.42. The first-order valence-corrected chi connectivity index (χ1v) is 8.93. The minimum absolute atomic E-state index is 0.0829. The third-order valence-corrected chi connectivity index (χ3v) is 5.30. The molecule has 1 saturated carbocycles. The Morgan fingerprint density at radius 3 is 2.48 bits per heavy atom. The number of rotatable bonds is 3. The third-order valence-electron chi connectivity index (χ3n) is 5.30. The van der Waals surface area contributed by atoms with Crippen molar-refractivity contribution in [3.63, 3.8) is 0 Å². The van der Waals surface area contributed by atoms with E-state index < -0.39 is 18.0 Å². The van der Waals surface area contributed by atoms with E-state index in [9.17, 15) is 18.0 Å². The molecule has 1 aliphatic heterocycles. The van der Waals surface area contributed by atoms with Crippen molar-refractivity contribution in [3.05, 3.63) is 30.1 Å². The van der Waals surface area contributed by atoms with Gasteiger partial charge >= 0.3 is 6.18 Å². The lowest BCUT2D eigenvalue weighted by Crippen LogP contribution is -2.52. The Bertz CT molecular complexity index is 571. The second-order valence-corrected chi connectivity index (χ2v) is 6.96. The number of amides is 1. The molecular formula is C18H24F3N3O. The van der Waals surface area contributed by atoms with Gasteiger partial charge < -0.3 is 4.90 Å². The number of piperazine rings is 1. The zero-order valence-corrected chi connectivity index (χ0v) is 14.2. The Balaban J connectivity index is 1.55. The summed E-state index contributed by atoms with van der Waals surface area (Å²) in [5.74, 6) is -2.67. The molecule has 7 heteroatoms. The summed E-state index contributed by atoms with van der Waals surface area (Å²) in [6.45, 7) is 3.04. The molecule has 1 aromatic rings. The van der Waals surface area contributed by atoms with E-state index in [1.165, 1.54) is 0 Å². The van der Waals surface area contributed by atoms with Crippen molar-refractivity contribution in [2.75, 3.05) is 26.2 Å². The predicted molar refractivity (Wildman–Crippen MR) is 87.6 cm³/mol. The summed E-state index contributed by atoms with van der Waals surface area (Å²) in [5.41, 5.74) is 0.965. The van der Waals surface area contributed by atoms with Crippen LogP contribution in [0.4, 0.5) is 13.2 Å². The van der Waals surface area contributed by atoms with Gasteiger partial charge in [0.2, 0.25) is 5.91 Å². The number of carbonyl (C=O) groups is 1. The van der Waals surface area contributed by atoms with Crippen molar-refractivity contribution in [3.8, 4) is 0 Å². The summed E-state index contributed by atoms with van der Waals surface area (Å²) in [6, 6.07) is 5.75. The number of pyridine rings is 1. The van der Waals surface area contributed by atoms with Crippen LogP contribution < -0.4 is 0 Å². The van der Waals surface area contributed by atoms with Gasteiger partial charge in [0, 0.05) is 44.8 Å². The molecule has 0 aromatic carbocycles. The topological polar surface area (TPSA) is 36.4 Å². The molecule has 1 amide bonds. The standard InChI is InChI=1S/C18H24F3N3O/c19-18(20,21)16-7-2-1-6-15(16)17(25)24-11-9-23(10-12-24)13-14-5-3-4-8-22-14/h3-5,8,15-16H,1-2,6-7,9-13H2. The van der Waals surface area contributed by atoms with Crippen LogP contribution in [-0.2, 0) is 11.3 Å². The molecule has 2 atom stereocenters. The Morgan fingerprint density at radius 2 is 1.84 bits per heavy atom. The molecule has 0 N–H and O–H groups in total. The molecule has 1 aromatic heterocycles. The van der Waals surface area contributed by atoms with Gasteiger partial charge in [0.1, 0.15) is 0 Å². The van der Waals surface area contributed by atoms with Crippen molar-refractivity contribution in [2.45, 2.75) is 38.4 Å². The summed E-state index contributed by atoms with van der Waals surface area (Å²) in [7, 11) is 0. The fourth-order valence-electron chi connectivity index (χ4n) is 3.90. The molecule has 2 aliphatic rings. The fraction of sp³-hybridized carbons (Fsp3) is 0.667. The van der Waals surface area contributed by atoms with Crippen LogP contribution in [0.3, 0.4) is 0 Å². The van der Waals surface area contributed by atoms with Gasteiger partial charge in [-0.1, -0.05) is 18.9 Å². The summed E-state index contributed by atoms with van der Waals surface area (Å²) < 4.78 is 39.7. The van der Waals surface area contributed by atoms with Crippen molar-refractivity contribution in [2.24, 2.45) is 11.8 Å². The number of hydrogen-bond acceptors (Lipinski definition) is 3. The van der Waals surface area contributed by atoms with Crippen LogP contribution in [-0.4, -0.2) is 53.0 Å². The van der Waals surface area contributed by atoms with Crippen molar-refractivity contribution in [1.82, 2.24) is 14.8 Å². The lowest BCUT2D eigenvalue weighted by atomic mass is 9.78. The first-order chi connectivity index (χ1) is 11.9. The molecule has 138 valence electrons. The molecule has 1 saturated heterocycles. The maximum absolute atomic E-state index is 13.2. The highest BCUT2D eigenvalue weighted by atomic mass is 19.4. The Kier molecular flexibility index (Phi) is 5.61. The zero-order chi connectivity index (χ0) is 17.9. The highest BCUT2D eigenvalue weighted by molar-refractivity contribution is 5.79. The van der Waals surface area contributed by atoms with Crippen LogP contribution in [0.2, 0.25) is 0 Å². The smallest absolute Gasteiger partial charge is 0.340 e. The highest BCUT2D eigenvalue weighted by Gasteiger charge is 2.49. The maximum atomic E-state index is 13.2. The average molecular weight is 355 g/mol. The minimum Gasteiger partial charge on any atom is -0.340 e. The fourth-order valence-corrected chi connectivity index (χ4v) is 3.90. The molecule has 2 fully saturated rings. The number of carbonyl (C=O) groups excluding carboxylic acids is 1. The molecule has 2 unspecified atom stereocenters. The quantitative estimate of drug-likeness (QED) is 0.836. The molecule has 4 nitrogen and oxygen atoms in total. The summed E-state index contributed by atoms with van der Waals surface area (Å²) >= 11 is 0. The van der Waals surface area contributed by atoms with Gasteiger partial charge in [-0.3, -0.25) is 14.7 Å². The van der Waals surface area contributed by atoms with Crippen LogP contribution in [0.25, 0.3) is 0 Å². The second kappa shape index (κ2) is 7.72. The first-order valence-electron chi connectivity index (χ1n) is 8.93. The second-order valence-electron chi connectivity index (χ2n) is 6.96. The van der Waals surface area contributed by atoms with Gasteiger partial charge in [-0.25, -0.2) is 0 Å². The number of nitrogens with zero attached hydrogens (tertiary/aromatic N) is 3. The van der Waals surface area contributed by atoms with Crippen LogP contribution in [0.1, 0.15) is 31.4 Å². The number of hydrogen-bond donors (Lipinski definition) is 0. The SMILES string of the molecule is O=C(C1CCCCC1C(F)(F)F)N1CCN(Cc2ccccn2)CC1. The largest absolute Gasteiger partial charge is 0.392 e. The van der Waals surface area contributed by atoms with Crippen LogP contribution >= 0.6 is 0 Å². The zero-order valence-electron chi connectivity index (χ0n) is 14.2. The number of halogens is 3. The van der Waals surface area contributed by atoms with Gasteiger partial charge in [0.05, 0.1) is 11.6 Å². The average Bonchev–Trinajstić information content (AvgIpc) is 2.62. The van der Waals surface area contributed by atoms with Gasteiger partial charge in [-0.2, -0.15) is 13.2 Å². The van der Waals surface area contributed by atoms with Crippen LogP contribution in [0.5, 0.6) is 0 Å². The molecule has 0 radical (unpaired) electrons. The third kappa shape index (κ3) is 4.51. The first kappa shape index (κ1) is 18.2. The van der Waals surface area contributed by atoms with Gasteiger partial charge in [0.25, 0.3) is 0 Å². The van der Waals surface area contributed by atoms with E-state index in [1.807, 2.05) is 18.2 Å². The summed E-state index contributed by atoms with van der Waals surface area (Å²) in [6.07, 6.45) is -0.817. The van der Waals surface area contributed by atoms with E-state index in [1.54, 1.807) is 11.1 Å². The molecule has 0 bridgehead atoms. The van der Waals surface area contributed by atoms with Gasteiger partial charge in [-0.05, 0) is 25.0 Å². The predicted octanol–water partition coefficient (Wildman–Crippen LogP) is 3.09. The van der Waals surface area contributed by atoms with Crippen molar-refractivity contribution >= 4 is 5.91 Å². The van der Waals surface area contributed by atoms with Crippen molar-refractivity contribution < 1.29 is 18.0 Å².